The molecule has 0 unspecified atom stereocenters. The van der Waals surface area contributed by atoms with Crippen LogP contribution in [-0.2, 0) is 28.8 Å². The molecule has 0 radical (unpaired) electrons. The maximum absolute atomic E-state index is 11.3. The van der Waals surface area contributed by atoms with Crippen LogP contribution in [0.1, 0.15) is 19.8 Å². The van der Waals surface area contributed by atoms with Crippen molar-refractivity contribution < 1.29 is 28.8 Å². The van der Waals surface area contributed by atoms with Crippen LogP contribution in [0.15, 0.2) is 0 Å². The quantitative estimate of drug-likeness (QED) is 0.467. The van der Waals surface area contributed by atoms with Gasteiger partial charge in [0, 0.05) is 19.8 Å². The van der Waals surface area contributed by atoms with Gasteiger partial charge in [-0.1, -0.05) is 12.8 Å². The van der Waals surface area contributed by atoms with Crippen molar-refractivity contribution in [2.45, 2.75) is 19.8 Å². The highest BCUT2D eigenvalue weighted by atomic mass is 32.1. The normalized spacial score (nSPS) is 14.2. The molecule has 1 N–H and O–H groups in total. The first-order valence-corrected chi connectivity index (χ1v) is 6.01. The van der Waals surface area contributed by atoms with Crippen molar-refractivity contribution in [1.29, 1.82) is 0 Å². The first-order chi connectivity index (χ1) is 9.31. The Kier molecular flexibility index (Phi) is 5.50. The van der Waals surface area contributed by atoms with E-state index in [0.29, 0.717) is 5.06 Å². The highest BCUT2D eigenvalue weighted by Crippen LogP contribution is 2.11. The number of imide groups is 1. The van der Waals surface area contributed by atoms with Gasteiger partial charge in [-0.15, -0.1) is 5.06 Å². The van der Waals surface area contributed by atoms with Gasteiger partial charge in [-0.05, 0) is 0 Å². The van der Waals surface area contributed by atoms with E-state index < -0.39 is 36.1 Å². The average molecular weight is 303 g/mol. The summed E-state index contributed by atoms with van der Waals surface area (Å²) in [6.07, 6.45) is -0.0165. The fraction of sp³-hybridized carbons (Fsp3) is 0.500. The van der Waals surface area contributed by atoms with Gasteiger partial charge in [0.2, 0.25) is 11.8 Å². The number of hydrogen-bond acceptors (Lipinski definition) is 7. The van der Waals surface area contributed by atoms with Gasteiger partial charge < -0.3 is 10.2 Å². The largest absolute Gasteiger partial charge is 0.352 e. The molecule has 0 aliphatic carbocycles. The highest BCUT2D eigenvalue weighted by Gasteiger charge is 2.32. The van der Waals surface area contributed by atoms with E-state index in [-0.39, 0.29) is 19.4 Å². The molecule has 1 rings (SSSR count). The van der Waals surface area contributed by atoms with Crippen molar-refractivity contribution in [2.75, 3.05) is 13.1 Å². The Morgan fingerprint density at radius 3 is 2.35 bits per heavy atom. The molecule has 9 nitrogen and oxygen atoms in total. The van der Waals surface area contributed by atoms with Gasteiger partial charge >= 0.3 is 5.97 Å². The van der Waals surface area contributed by atoms with E-state index in [0.717, 1.165) is 4.31 Å². The van der Waals surface area contributed by atoms with Crippen LogP contribution in [0.4, 0.5) is 0 Å². The second kappa shape index (κ2) is 6.89. The maximum atomic E-state index is 11.3. The first kappa shape index (κ1) is 16.0. The van der Waals surface area contributed by atoms with Gasteiger partial charge in [0.05, 0.1) is 0 Å². The first-order valence-electron chi connectivity index (χ1n) is 5.61. The van der Waals surface area contributed by atoms with Gasteiger partial charge in [0.25, 0.3) is 11.8 Å². The fourth-order valence-electron chi connectivity index (χ4n) is 1.27. The maximum Gasteiger partial charge on any atom is 0.352 e. The molecule has 0 aromatic carbocycles. The third-order valence-electron chi connectivity index (χ3n) is 2.29. The summed E-state index contributed by atoms with van der Waals surface area (Å²) < 4.78 is 0.855. The zero-order valence-corrected chi connectivity index (χ0v) is 11.5. The van der Waals surface area contributed by atoms with Gasteiger partial charge in [0.15, 0.2) is 0 Å². The smallest absolute Gasteiger partial charge is 0.344 e. The van der Waals surface area contributed by atoms with E-state index in [4.69, 9.17) is 0 Å². The Labute approximate surface area is 119 Å². The van der Waals surface area contributed by atoms with Crippen LogP contribution in [0.5, 0.6) is 0 Å². The molecule has 110 valence electrons. The van der Waals surface area contributed by atoms with Crippen LogP contribution in [0.25, 0.3) is 0 Å². The number of hydroxylamine groups is 2. The molecule has 4 amide bonds. The summed E-state index contributed by atoms with van der Waals surface area (Å²) in [6, 6.07) is 0. The number of carbonyl (C=O) groups is 5. The fourth-order valence-corrected chi connectivity index (χ4v) is 1.39. The predicted octanol–water partition coefficient (Wildman–Crippen LogP) is -1.60. The lowest BCUT2D eigenvalue weighted by atomic mass is 10.4. The molecule has 10 heteroatoms. The molecule has 0 aromatic heterocycles. The number of nitrogens with one attached hydrogen (secondary N) is 1. The minimum absolute atomic E-state index is 0.00824. The van der Waals surface area contributed by atoms with Crippen LogP contribution in [0, 0.1) is 0 Å². The summed E-state index contributed by atoms with van der Waals surface area (Å²) in [4.78, 5) is 60.3. The monoisotopic (exact) mass is 303 g/mol. The molecule has 1 aliphatic rings. The second-order valence-electron chi connectivity index (χ2n) is 3.90. The highest BCUT2D eigenvalue weighted by molar-refractivity contribution is 7.78. The molecule has 1 fully saturated rings. The summed E-state index contributed by atoms with van der Waals surface area (Å²) >= 11 is 3.74. The summed E-state index contributed by atoms with van der Waals surface area (Å²) in [5.41, 5.74) is 0. The van der Waals surface area contributed by atoms with Crippen LogP contribution in [0.3, 0.4) is 0 Å². The van der Waals surface area contributed by atoms with Crippen LogP contribution >= 0.6 is 12.8 Å². The van der Waals surface area contributed by atoms with E-state index in [1.807, 2.05) is 0 Å². The third-order valence-corrected chi connectivity index (χ3v) is 2.71. The predicted molar refractivity (Wildman–Crippen MR) is 66.6 cm³/mol. The number of nitrogens with zero attached hydrogens (tertiary/aromatic N) is 2. The van der Waals surface area contributed by atoms with Gasteiger partial charge in [-0.2, -0.15) is 0 Å². The van der Waals surface area contributed by atoms with Crippen LogP contribution in [0.2, 0.25) is 0 Å². The van der Waals surface area contributed by atoms with E-state index in [9.17, 15) is 24.0 Å². The van der Waals surface area contributed by atoms with Gasteiger partial charge in [-0.25, -0.2) is 4.79 Å². The Balaban J connectivity index is 2.33. The zero-order chi connectivity index (χ0) is 15.3. The van der Waals surface area contributed by atoms with Gasteiger partial charge in [-0.3, -0.25) is 23.5 Å². The third kappa shape index (κ3) is 4.53. The number of carbonyl (C=O) groups excluding carboxylic acids is 5. The molecule has 0 aromatic rings. The Bertz CT molecular complexity index is 450. The lowest BCUT2D eigenvalue weighted by Gasteiger charge is -2.14. The number of hydrogen-bond donors (Lipinski definition) is 2. The van der Waals surface area contributed by atoms with Gasteiger partial charge in [0.1, 0.15) is 13.1 Å². The van der Waals surface area contributed by atoms with Crippen LogP contribution in [-0.4, -0.2) is 52.1 Å². The standard InChI is InChI=1S/C10H13N3O6S/c1-6(14)12(20)5-7(15)11-4-10(18)19-13-8(16)2-3-9(13)17/h20H,2-5H2,1H3,(H,11,15). The topological polar surface area (TPSA) is 113 Å². The minimum Gasteiger partial charge on any atom is -0.344 e. The second-order valence-corrected chi connectivity index (χ2v) is 4.38. The van der Waals surface area contributed by atoms with Crippen molar-refractivity contribution in [2.24, 2.45) is 0 Å². The van der Waals surface area contributed by atoms with E-state index in [1.54, 1.807) is 0 Å². The molecule has 0 saturated carbocycles. The summed E-state index contributed by atoms with van der Waals surface area (Å²) in [5.74, 6) is -3.23. The lowest BCUT2D eigenvalue weighted by molar-refractivity contribution is -0.196. The molecule has 0 atom stereocenters. The lowest BCUT2D eigenvalue weighted by Crippen LogP contribution is -2.40. The number of amides is 4. The van der Waals surface area contributed by atoms with E-state index in [2.05, 4.69) is 23.0 Å². The molecule has 1 aliphatic heterocycles. The number of rotatable bonds is 5. The van der Waals surface area contributed by atoms with Crippen LogP contribution < -0.4 is 5.32 Å². The molecule has 20 heavy (non-hydrogen) atoms. The molecular formula is C10H13N3O6S. The summed E-state index contributed by atoms with van der Waals surface area (Å²) in [7, 11) is 0. The van der Waals surface area contributed by atoms with Crippen molar-refractivity contribution in [1.82, 2.24) is 14.7 Å². The van der Waals surface area contributed by atoms with E-state index in [1.165, 1.54) is 6.92 Å². The zero-order valence-electron chi connectivity index (χ0n) is 10.6. The summed E-state index contributed by atoms with van der Waals surface area (Å²) in [6.45, 7) is 0.349. The molecule has 0 spiro atoms. The molecule has 1 heterocycles. The number of thiol groups is 1. The Morgan fingerprint density at radius 1 is 1.30 bits per heavy atom. The molecule has 1 saturated heterocycles. The molecular weight excluding hydrogens is 290 g/mol. The van der Waals surface area contributed by atoms with E-state index >= 15 is 0 Å². The summed E-state index contributed by atoms with van der Waals surface area (Å²) in [5, 5.41) is 2.55. The Morgan fingerprint density at radius 2 is 1.85 bits per heavy atom. The Hall–Kier alpha value is -2.10. The SMILES string of the molecule is CC(=O)N(S)CC(=O)NCC(=O)ON1C(=O)CCC1=O. The van der Waals surface area contributed by atoms with Crippen molar-refractivity contribution in [3.8, 4) is 0 Å². The van der Waals surface area contributed by atoms with Crippen molar-refractivity contribution in [3.05, 3.63) is 0 Å². The molecule has 0 bridgehead atoms. The van der Waals surface area contributed by atoms with Crippen molar-refractivity contribution in [3.63, 3.8) is 0 Å². The average Bonchev–Trinajstić information content (AvgIpc) is 2.68. The van der Waals surface area contributed by atoms with Crippen molar-refractivity contribution >= 4 is 42.4 Å². The minimum atomic E-state index is -0.963.